The Morgan fingerprint density at radius 3 is 2.39 bits per heavy atom. The minimum absolute atomic E-state index is 0.173. The van der Waals surface area contributed by atoms with E-state index < -0.39 is 35.6 Å². The Hall–Kier alpha value is -3.98. The van der Waals surface area contributed by atoms with Crippen LogP contribution >= 0.6 is 0 Å². The van der Waals surface area contributed by atoms with Gasteiger partial charge in [-0.1, -0.05) is 78.7 Å². The van der Waals surface area contributed by atoms with E-state index in [9.17, 15) is 19.5 Å². The number of benzene rings is 2. The molecule has 0 spiro atoms. The molecule has 0 unspecified atom stereocenters. The third kappa shape index (κ3) is 5.03. The normalized spacial score (nSPS) is 30.1. The van der Waals surface area contributed by atoms with E-state index in [1.807, 2.05) is 48.6 Å². The molecule has 0 bridgehead atoms. The molecule has 2 heterocycles. The van der Waals surface area contributed by atoms with Gasteiger partial charge >= 0.3 is 5.97 Å². The van der Waals surface area contributed by atoms with Gasteiger partial charge in [-0.25, -0.2) is 4.79 Å². The second-order valence-corrected chi connectivity index (χ2v) is 11.5. The van der Waals surface area contributed by atoms with Crippen LogP contribution < -0.4 is 10.6 Å². The molecule has 2 aromatic carbocycles. The zero-order valence-electron chi connectivity index (χ0n) is 23.2. The zero-order chi connectivity index (χ0) is 28.6. The Labute approximate surface area is 239 Å². The number of carbonyl (C=O) groups excluding carboxylic acids is 2. The number of aliphatic carboxylic acids is 1. The van der Waals surface area contributed by atoms with Crippen molar-refractivity contribution in [3.63, 3.8) is 0 Å². The van der Waals surface area contributed by atoms with E-state index >= 15 is 0 Å². The monoisotopic (exact) mass is 556 g/mol. The number of allylic oxidation sites excluding steroid dienone is 1. The van der Waals surface area contributed by atoms with Crippen molar-refractivity contribution in [2.45, 2.75) is 68.7 Å². The van der Waals surface area contributed by atoms with E-state index in [2.05, 4.69) is 27.9 Å². The first kappa shape index (κ1) is 27.2. The quantitative estimate of drug-likeness (QED) is 0.334. The van der Waals surface area contributed by atoms with Crippen LogP contribution in [0.3, 0.4) is 0 Å². The fraction of sp³-hybridized carbons (Fsp3) is 0.438. The molecule has 1 saturated carbocycles. The Morgan fingerprint density at radius 2 is 1.73 bits per heavy atom. The third-order valence-electron chi connectivity index (χ3n) is 8.92. The van der Waals surface area contributed by atoms with E-state index in [0.29, 0.717) is 12.8 Å². The van der Waals surface area contributed by atoms with Crippen molar-refractivity contribution in [3.05, 3.63) is 71.8 Å². The molecule has 2 aliphatic carbocycles. The topological polar surface area (TPSA) is 120 Å². The maximum atomic E-state index is 13.7. The molecule has 214 valence electrons. The average Bonchev–Trinajstić information content (AvgIpc) is 3.35. The first-order valence-corrected chi connectivity index (χ1v) is 14.6. The van der Waals surface area contributed by atoms with Crippen molar-refractivity contribution < 1.29 is 24.3 Å². The van der Waals surface area contributed by atoms with Crippen LogP contribution in [0.2, 0.25) is 0 Å². The molecule has 4 aliphatic rings. The molecule has 0 aromatic heterocycles. The number of amides is 2. The summed E-state index contributed by atoms with van der Waals surface area (Å²) in [4.78, 5) is 47.3. The van der Waals surface area contributed by atoms with Crippen molar-refractivity contribution in [1.29, 1.82) is 0 Å². The minimum Gasteiger partial charge on any atom is -0.479 e. The van der Waals surface area contributed by atoms with Crippen LogP contribution in [0.25, 0.3) is 11.1 Å². The molecule has 0 radical (unpaired) electrons. The number of nitrogens with zero attached hydrogens (tertiary/aromatic N) is 2. The number of carboxylic acid groups (broad SMARTS) is 1. The van der Waals surface area contributed by atoms with Crippen molar-refractivity contribution in [2.75, 3.05) is 13.6 Å². The maximum absolute atomic E-state index is 13.7. The van der Waals surface area contributed by atoms with Crippen molar-refractivity contribution >= 4 is 23.5 Å². The lowest BCUT2D eigenvalue weighted by molar-refractivity contribution is -0.145. The Balaban J connectivity index is 1.27. The molecule has 41 heavy (non-hydrogen) atoms. The summed E-state index contributed by atoms with van der Waals surface area (Å²) in [6.07, 6.45) is 8.32. The molecule has 2 aromatic rings. The molecule has 1 saturated heterocycles. The van der Waals surface area contributed by atoms with Gasteiger partial charge < -0.3 is 25.5 Å². The fourth-order valence-corrected chi connectivity index (χ4v) is 6.49. The lowest BCUT2D eigenvalue weighted by Gasteiger charge is -2.28. The summed E-state index contributed by atoms with van der Waals surface area (Å²) in [5.74, 6) is -1.94. The van der Waals surface area contributed by atoms with Crippen LogP contribution in [-0.4, -0.2) is 70.8 Å². The molecule has 2 aliphatic heterocycles. The van der Waals surface area contributed by atoms with E-state index in [1.165, 1.54) is 0 Å². The van der Waals surface area contributed by atoms with Gasteiger partial charge in [-0.05, 0) is 43.9 Å². The van der Waals surface area contributed by atoms with E-state index in [1.54, 1.807) is 11.9 Å². The number of hydrogen-bond donors (Lipinski definition) is 3. The van der Waals surface area contributed by atoms with Gasteiger partial charge in [0.2, 0.25) is 11.8 Å². The molecule has 6 rings (SSSR count). The standard InChI is InChI=1S/C32H36N4O5/c1-33-26-16-6-4-2-3-5-11-20-18-32(20,31(39)40)34-29(37)27-17-21(19-36(27)30(26)38)41-35-28-24-14-9-7-12-22(24)23-13-8-10-15-25(23)28/h5,7-15,20-21,26-27,33H,2-4,6,16-19H2,1H3,(H,34,37)(H,39,40)/b11-5-/t20-,21-,26+,27+,32-/m1/s1. The summed E-state index contributed by atoms with van der Waals surface area (Å²) in [5.41, 5.74) is 3.51. The first-order valence-electron chi connectivity index (χ1n) is 14.6. The average molecular weight is 557 g/mol. The Kier molecular flexibility index (Phi) is 7.38. The first-order chi connectivity index (χ1) is 19.9. The number of fused-ring (bicyclic) bond motifs is 5. The van der Waals surface area contributed by atoms with Crippen LogP contribution in [0.5, 0.6) is 0 Å². The molecule has 2 fully saturated rings. The van der Waals surface area contributed by atoms with Gasteiger partial charge in [-0.15, -0.1) is 0 Å². The summed E-state index contributed by atoms with van der Waals surface area (Å²) < 4.78 is 0. The van der Waals surface area contributed by atoms with Gasteiger partial charge in [0.1, 0.15) is 23.4 Å². The molecule has 5 atom stereocenters. The van der Waals surface area contributed by atoms with Crippen LogP contribution in [0.1, 0.15) is 56.1 Å². The van der Waals surface area contributed by atoms with E-state index in [-0.39, 0.29) is 24.8 Å². The summed E-state index contributed by atoms with van der Waals surface area (Å²) in [6, 6.07) is 14.8. The third-order valence-corrected chi connectivity index (χ3v) is 8.92. The van der Waals surface area contributed by atoms with Crippen molar-refractivity contribution in [1.82, 2.24) is 15.5 Å². The van der Waals surface area contributed by atoms with Gasteiger partial charge in [0.25, 0.3) is 0 Å². The van der Waals surface area contributed by atoms with Crippen LogP contribution in [0, 0.1) is 5.92 Å². The second-order valence-electron chi connectivity index (χ2n) is 11.5. The maximum Gasteiger partial charge on any atom is 0.330 e. The van der Waals surface area contributed by atoms with Crippen LogP contribution in [-0.2, 0) is 19.2 Å². The fourth-order valence-electron chi connectivity index (χ4n) is 6.49. The molecule has 9 nitrogen and oxygen atoms in total. The summed E-state index contributed by atoms with van der Waals surface area (Å²) >= 11 is 0. The SMILES string of the molecule is CN[C@H]1CCCCC/C=C\[C@@H]2C[C@@]2(C(=O)O)NC(=O)[C@@H]2C[C@@H](ON=C3c4ccccc4-c4ccccc43)CN2C1=O. The minimum atomic E-state index is -1.33. The molecule has 2 amide bonds. The number of likely N-dealkylation sites (N-methyl/N-ethyl adjacent to an activating group) is 1. The Morgan fingerprint density at radius 1 is 1.05 bits per heavy atom. The van der Waals surface area contributed by atoms with Crippen LogP contribution in [0.15, 0.2) is 65.8 Å². The number of carbonyl (C=O) groups is 3. The van der Waals surface area contributed by atoms with Gasteiger partial charge in [0, 0.05) is 23.5 Å². The Bertz CT molecular complexity index is 1370. The summed E-state index contributed by atoms with van der Waals surface area (Å²) in [7, 11) is 1.76. The molecule has 9 heteroatoms. The number of carboxylic acids is 1. The van der Waals surface area contributed by atoms with Gasteiger partial charge in [0.05, 0.1) is 12.6 Å². The highest BCUT2D eigenvalue weighted by atomic mass is 16.6. The second kappa shape index (κ2) is 11.1. The highest BCUT2D eigenvalue weighted by molar-refractivity contribution is 6.24. The predicted molar refractivity (Wildman–Crippen MR) is 154 cm³/mol. The van der Waals surface area contributed by atoms with E-state index in [0.717, 1.165) is 53.6 Å². The van der Waals surface area contributed by atoms with Gasteiger partial charge in [0.15, 0.2) is 0 Å². The van der Waals surface area contributed by atoms with Crippen molar-refractivity contribution in [3.8, 4) is 11.1 Å². The zero-order valence-corrected chi connectivity index (χ0v) is 23.2. The number of rotatable bonds is 4. The highest BCUT2D eigenvalue weighted by Crippen LogP contribution is 2.45. The predicted octanol–water partition coefficient (Wildman–Crippen LogP) is 3.47. The molecular formula is C32H36N4O5. The lowest BCUT2D eigenvalue weighted by Crippen LogP contribution is -2.55. The summed E-state index contributed by atoms with van der Waals surface area (Å²) in [6.45, 7) is 0.193. The number of oxime groups is 1. The molecule has 3 N–H and O–H groups in total. The van der Waals surface area contributed by atoms with Crippen LogP contribution in [0.4, 0.5) is 0 Å². The van der Waals surface area contributed by atoms with Crippen molar-refractivity contribution in [2.24, 2.45) is 11.1 Å². The van der Waals surface area contributed by atoms with E-state index in [4.69, 9.17) is 4.84 Å². The summed E-state index contributed by atoms with van der Waals surface area (Å²) in [5, 5.41) is 20.5. The molecular weight excluding hydrogens is 520 g/mol. The lowest BCUT2D eigenvalue weighted by atomic mass is 10.1. The number of hydrogen-bond acceptors (Lipinski definition) is 6. The smallest absolute Gasteiger partial charge is 0.330 e. The van der Waals surface area contributed by atoms with Gasteiger partial charge in [-0.2, -0.15) is 0 Å². The number of nitrogens with one attached hydrogen (secondary N) is 2. The highest BCUT2D eigenvalue weighted by Gasteiger charge is 2.61. The largest absolute Gasteiger partial charge is 0.479 e. The van der Waals surface area contributed by atoms with Gasteiger partial charge in [-0.3, -0.25) is 9.59 Å².